The van der Waals surface area contributed by atoms with Crippen LogP contribution in [0, 0.1) is 13.8 Å². The van der Waals surface area contributed by atoms with E-state index in [1.165, 1.54) is 10.5 Å². The number of carbonyl (C=O) groups excluding carboxylic acids is 1. The van der Waals surface area contributed by atoms with Crippen LogP contribution in [-0.4, -0.2) is 20.5 Å². The maximum absolute atomic E-state index is 12.1. The molecule has 0 aromatic carbocycles. The Bertz CT molecular complexity index is 974. The highest BCUT2D eigenvalue weighted by Crippen LogP contribution is 2.15. The molecule has 3 aromatic heterocycles. The molecule has 25 heavy (non-hydrogen) atoms. The van der Waals surface area contributed by atoms with Crippen molar-refractivity contribution in [2.75, 3.05) is 0 Å². The van der Waals surface area contributed by atoms with Crippen LogP contribution in [-0.2, 0) is 22.6 Å². The lowest BCUT2D eigenvalue weighted by Gasteiger charge is -2.06. The summed E-state index contributed by atoms with van der Waals surface area (Å²) < 4.78 is 12.5. The van der Waals surface area contributed by atoms with Gasteiger partial charge in [0.2, 0.25) is 0 Å². The summed E-state index contributed by atoms with van der Waals surface area (Å²) in [6, 6.07) is 4.87. The Labute approximate surface area is 151 Å². The van der Waals surface area contributed by atoms with Crippen molar-refractivity contribution >= 4 is 27.5 Å². The fourth-order valence-electron chi connectivity index (χ4n) is 2.51. The molecule has 0 aliphatic rings. The van der Waals surface area contributed by atoms with Crippen molar-refractivity contribution in [3.05, 3.63) is 61.9 Å². The number of aromatic nitrogens is 3. The second kappa shape index (κ2) is 7.18. The number of fused-ring (bicyclic) bond motifs is 1. The van der Waals surface area contributed by atoms with Gasteiger partial charge >= 0.3 is 5.97 Å². The Morgan fingerprint density at radius 3 is 2.88 bits per heavy atom. The number of halogens is 1. The second-order valence-electron chi connectivity index (χ2n) is 5.62. The molecule has 8 heteroatoms. The molecule has 130 valence electrons. The first-order chi connectivity index (χ1) is 11.9. The van der Waals surface area contributed by atoms with Gasteiger partial charge in [0.15, 0.2) is 0 Å². The number of ether oxygens (including phenoxy) is 1. The smallest absolute Gasteiger partial charge is 0.306 e. The van der Waals surface area contributed by atoms with E-state index in [0.717, 1.165) is 15.7 Å². The van der Waals surface area contributed by atoms with Crippen LogP contribution in [0.15, 0.2) is 38.2 Å². The highest BCUT2D eigenvalue weighted by Gasteiger charge is 2.12. The predicted molar refractivity (Wildman–Crippen MR) is 93.3 cm³/mol. The van der Waals surface area contributed by atoms with Gasteiger partial charge in [0, 0.05) is 28.7 Å². The Balaban J connectivity index is 1.63. The molecule has 0 spiro atoms. The van der Waals surface area contributed by atoms with Crippen molar-refractivity contribution in [1.82, 2.24) is 14.5 Å². The average molecular weight is 406 g/mol. The van der Waals surface area contributed by atoms with Crippen molar-refractivity contribution in [1.29, 1.82) is 0 Å². The number of hydrogen-bond donors (Lipinski definition) is 0. The van der Waals surface area contributed by atoms with Crippen LogP contribution < -0.4 is 5.56 Å². The zero-order chi connectivity index (χ0) is 18.0. The Hall–Kier alpha value is -2.48. The highest BCUT2D eigenvalue weighted by atomic mass is 79.9. The molecule has 0 aliphatic carbocycles. The Morgan fingerprint density at radius 1 is 1.36 bits per heavy atom. The SMILES string of the molecule is Cc1noc(C)c1CCC(=O)OCc1cc(=O)n2cc(Br)ccc2n1. The van der Waals surface area contributed by atoms with Gasteiger partial charge in [-0.2, -0.15) is 0 Å². The van der Waals surface area contributed by atoms with Gasteiger partial charge in [0.25, 0.3) is 5.56 Å². The number of hydrogen-bond acceptors (Lipinski definition) is 6. The first-order valence-corrected chi connectivity index (χ1v) is 8.48. The standard InChI is InChI=1S/C17H16BrN3O4/c1-10-14(11(2)25-20-10)4-6-17(23)24-9-13-7-16(22)21-8-12(18)3-5-15(21)19-13/h3,5,7-8H,4,6,9H2,1-2H3. The molecule has 0 amide bonds. The first-order valence-electron chi connectivity index (χ1n) is 7.69. The molecule has 3 aromatic rings. The first kappa shape index (κ1) is 17.3. The van der Waals surface area contributed by atoms with E-state index < -0.39 is 0 Å². The maximum atomic E-state index is 12.1. The summed E-state index contributed by atoms with van der Waals surface area (Å²) in [5.41, 5.74) is 2.38. The number of aryl methyl sites for hydroxylation is 2. The van der Waals surface area contributed by atoms with Crippen molar-refractivity contribution < 1.29 is 14.1 Å². The maximum Gasteiger partial charge on any atom is 0.306 e. The van der Waals surface area contributed by atoms with Crippen LogP contribution in [0.3, 0.4) is 0 Å². The van der Waals surface area contributed by atoms with Crippen LogP contribution in [0.4, 0.5) is 0 Å². The van der Waals surface area contributed by atoms with Gasteiger partial charge in [-0.05, 0) is 48.3 Å². The fraction of sp³-hybridized carbons (Fsp3) is 0.294. The molecule has 0 aliphatic heterocycles. The van der Waals surface area contributed by atoms with Gasteiger partial charge in [0.1, 0.15) is 18.0 Å². The van der Waals surface area contributed by atoms with E-state index in [1.54, 1.807) is 18.3 Å². The third-order valence-electron chi connectivity index (χ3n) is 3.82. The van der Waals surface area contributed by atoms with Gasteiger partial charge in [-0.1, -0.05) is 5.16 Å². The fourth-order valence-corrected chi connectivity index (χ4v) is 2.85. The summed E-state index contributed by atoms with van der Waals surface area (Å²) >= 11 is 3.31. The largest absolute Gasteiger partial charge is 0.459 e. The lowest BCUT2D eigenvalue weighted by molar-refractivity contribution is -0.145. The molecule has 0 unspecified atom stereocenters. The molecule has 0 radical (unpaired) electrons. The molecular formula is C17H16BrN3O4. The van der Waals surface area contributed by atoms with E-state index in [9.17, 15) is 9.59 Å². The number of nitrogens with zero attached hydrogens (tertiary/aromatic N) is 3. The van der Waals surface area contributed by atoms with Crippen LogP contribution >= 0.6 is 15.9 Å². The zero-order valence-corrected chi connectivity index (χ0v) is 15.4. The van der Waals surface area contributed by atoms with Gasteiger partial charge in [-0.25, -0.2) is 4.98 Å². The summed E-state index contributed by atoms with van der Waals surface area (Å²) in [4.78, 5) is 28.4. The van der Waals surface area contributed by atoms with Crippen molar-refractivity contribution in [3.8, 4) is 0 Å². The molecule has 0 N–H and O–H groups in total. The van der Waals surface area contributed by atoms with E-state index in [4.69, 9.17) is 9.26 Å². The van der Waals surface area contributed by atoms with E-state index in [1.807, 2.05) is 13.8 Å². The van der Waals surface area contributed by atoms with Crippen LogP contribution in [0.1, 0.15) is 29.1 Å². The van der Waals surface area contributed by atoms with E-state index >= 15 is 0 Å². The molecule has 0 saturated carbocycles. The highest BCUT2D eigenvalue weighted by molar-refractivity contribution is 9.10. The molecule has 0 fully saturated rings. The summed E-state index contributed by atoms with van der Waals surface area (Å²) in [6.45, 7) is 3.61. The lowest BCUT2D eigenvalue weighted by atomic mass is 10.1. The van der Waals surface area contributed by atoms with E-state index in [0.29, 0.717) is 23.5 Å². The number of rotatable bonds is 5. The molecule has 0 bridgehead atoms. The topological polar surface area (TPSA) is 86.7 Å². The number of carbonyl (C=O) groups is 1. The Morgan fingerprint density at radius 2 is 2.16 bits per heavy atom. The van der Waals surface area contributed by atoms with Crippen molar-refractivity contribution in [2.24, 2.45) is 0 Å². The predicted octanol–water partition coefficient (Wildman–Crippen LogP) is 2.74. The third-order valence-corrected chi connectivity index (χ3v) is 4.29. The molecule has 3 rings (SSSR count). The van der Waals surface area contributed by atoms with Crippen molar-refractivity contribution in [3.63, 3.8) is 0 Å². The minimum Gasteiger partial charge on any atom is -0.459 e. The molecule has 7 nitrogen and oxygen atoms in total. The minimum absolute atomic E-state index is 0.0394. The summed E-state index contributed by atoms with van der Waals surface area (Å²) in [7, 11) is 0. The van der Waals surface area contributed by atoms with Gasteiger partial charge in [0.05, 0.1) is 11.4 Å². The molecule has 3 heterocycles. The van der Waals surface area contributed by atoms with Gasteiger partial charge in [-0.3, -0.25) is 14.0 Å². The summed E-state index contributed by atoms with van der Waals surface area (Å²) in [6.07, 6.45) is 2.36. The monoisotopic (exact) mass is 405 g/mol. The third kappa shape index (κ3) is 3.96. The van der Waals surface area contributed by atoms with E-state index in [2.05, 4.69) is 26.1 Å². The van der Waals surface area contributed by atoms with Crippen LogP contribution in [0.25, 0.3) is 5.65 Å². The number of pyridine rings is 1. The normalized spacial score (nSPS) is 11.0. The van der Waals surface area contributed by atoms with Crippen molar-refractivity contribution in [2.45, 2.75) is 33.3 Å². The van der Waals surface area contributed by atoms with Gasteiger partial charge < -0.3 is 9.26 Å². The quantitative estimate of drug-likeness (QED) is 0.606. The minimum atomic E-state index is -0.363. The average Bonchev–Trinajstić information content (AvgIpc) is 2.90. The number of esters is 1. The molecule has 0 atom stereocenters. The van der Waals surface area contributed by atoms with Crippen LogP contribution in [0.2, 0.25) is 0 Å². The summed E-state index contributed by atoms with van der Waals surface area (Å²) in [5.74, 6) is 0.346. The molecule has 0 saturated heterocycles. The summed E-state index contributed by atoms with van der Waals surface area (Å²) in [5, 5.41) is 3.85. The second-order valence-corrected chi connectivity index (χ2v) is 6.54. The van der Waals surface area contributed by atoms with Gasteiger partial charge in [-0.15, -0.1) is 0 Å². The zero-order valence-electron chi connectivity index (χ0n) is 13.8. The lowest BCUT2D eigenvalue weighted by Crippen LogP contribution is -2.16. The Kier molecular flexibility index (Phi) is 4.98. The van der Waals surface area contributed by atoms with Crippen LogP contribution in [0.5, 0.6) is 0 Å². The van der Waals surface area contributed by atoms with E-state index in [-0.39, 0.29) is 24.6 Å². The molecular weight excluding hydrogens is 390 g/mol.